The second-order valence-electron chi connectivity index (χ2n) is 3.02. The molecule has 16 heavy (non-hydrogen) atoms. The second-order valence-corrected chi connectivity index (χ2v) is 3.02. The van der Waals surface area contributed by atoms with E-state index in [4.69, 9.17) is 10.4 Å². The minimum atomic E-state index is -4.55. The molecule has 1 rings (SSSR count). The Hall–Kier alpha value is -1.74. The molecule has 6 heteroatoms. The van der Waals surface area contributed by atoms with Crippen LogP contribution in [0.3, 0.4) is 0 Å². The molecule has 0 spiro atoms. The zero-order valence-electron chi connectivity index (χ0n) is 8.17. The largest absolute Gasteiger partial charge is 0.417 e. The SMILES string of the molecule is N#Cc1ccc(NCCO)cc1C(F)(F)F. The summed E-state index contributed by atoms with van der Waals surface area (Å²) in [6, 6.07) is 4.81. The molecular formula is C10H9F3N2O. The van der Waals surface area contributed by atoms with Crippen LogP contribution < -0.4 is 5.32 Å². The first-order valence-electron chi connectivity index (χ1n) is 4.45. The van der Waals surface area contributed by atoms with Crippen molar-refractivity contribution in [2.75, 3.05) is 18.5 Å². The number of nitriles is 1. The molecule has 1 aromatic rings. The van der Waals surface area contributed by atoms with Crippen molar-refractivity contribution in [3.8, 4) is 6.07 Å². The van der Waals surface area contributed by atoms with Crippen LogP contribution in [0, 0.1) is 11.3 Å². The van der Waals surface area contributed by atoms with Crippen molar-refractivity contribution in [2.24, 2.45) is 0 Å². The molecule has 2 N–H and O–H groups in total. The van der Waals surface area contributed by atoms with Gasteiger partial charge in [0.15, 0.2) is 0 Å². The molecule has 0 saturated carbocycles. The van der Waals surface area contributed by atoms with Gasteiger partial charge in [0.2, 0.25) is 0 Å². The first kappa shape index (κ1) is 12.3. The highest BCUT2D eigenvalue weighted by Crippen LogP contribution is 2.33. The summed E-state index contributed by atoms with van der Waals surface area (Å²) in [5.74, 6) is 0. The molecule has 86 valence electrons. The summed E-state index contributed by atoms with van der Waals surface area (Å²) in [6.07, 6.45) is -4.55. The van der Waals surface area contributed by atoms with E-state index in [-0.39, 0.29) is 18.8 Å². The summed E-state index contributed by atoms with van der Waals surface area (Å²) in [7, 11) is 0. The van der Waals surface area contributed by atoms with E-state index in [0.29, 0.717) is 0 Å². The molecule has 3 nitrogen and oxygen atoms in total. The molecule has 0 atom stereocenters. The third-order valence-electron chi connectivity index (χ3n) is 1.89. The van der Waals surface area contributed by atoms with Crippen LogP contribution in [0.2, 0.25) is 0 Å². The van der Waals surface area contributed by atoms with Crippen molar-refractivity contribution in [2.45, 2.75) is 6.18 Å². The lowest BCUT2D eigenvalue weighted by Gasteiger charge is -2.11. The molecule has 0 heterocycles. The summed E-state index contributed by atoms with van der Waals surface area (Å²) in [5, 5.41) is 19.7. The van der Waals surface area contributed by atoms with Gasteiger partial charge >= 0.3 is 6.18 Å². The molecule has 0 bridgehead atoms. The van der Waals surface area contributed by atoms with Gasteiger partial charge in [-0.3, -0.25) is 0 Å². The minimum Gasteiger partial charge on any atom is -0.395 e. The molecule has 0 aromatic heterocycles. The van der Waals surface area contributed by atoms with Crippen LogP contribution in [0.15, 0.2) is 18.2 Å². The average molecular weight is 230 g/mol. The monoisotopic (exact) mass is 230 g/mol. The molecule has 0 unspecified atom stereocenters. The molecule has 1 aromatic carbocycles. The predicted molar refractivity (Wildman–Crippen MR) is 51.7 cm³/mol. The van der Waals surface area contributed by atoms with E-state index in [1.807, 2.05) is 0 Å². The van der Waals surface area contributed by atoms with Crippen molar-refractivity contribution in [1.82, 2.24) is 0 Å². The zero-order valence-corrected chi connectivity index (χ0v) is 8.17. The number of hydrogen-bond donors (Lipinski definition) is 2. The van der Waals surface area contributed by atoms with E-state index in [2.05, 4.69) is 5.32 Å². The average Bonchev–Trinajstić information content (AvgIpc) is 2.24. The Balaban J connectivity index is 3.08. The lowest BCUT2D eigenvalue weighted by Crippen LogP contribution is -2.10. The fourth-order valence-corrected chi connectivity index (χ4v) is 1.19. The van der Waals surface area contributed by atoms with Gasteiger partial charge in [0.25, 0.3) is 0 Å². The van der Waals surface area contributed by atoms with E-state index < -0.39 is 17.3 Å². The Morgan fingerprint density at radius 2 is 2.06 bits per heavy atom. The van der Waals surface area contributed by atoms with E-state index in [1.54, 1.807) is 0 Å². The lowest BCUT2D eigenvalue weighted by molar-refractivity contribution is -0.137. The zero-order chi connectivity index (χ0) is 12.2. The summed E-state index contributed by atoms with van der Waals surface area (Å²) in [6.45, 7) is -0.0233. The topological polar surface area (TPSA) is 56.0 Å². The van der Waals surface area contributed by atoms with Crippen LogP contribution in [0.5, 0.6) is 0 Å². The maximum absolute atomic E-state index is 12.5. The number of benzene rings is 1. The summed E-state index contributed by atoms with van der Waals surface area (Å²) in [5.41, 5.74) is -1.17. The van der Waals surface area contributed by atoms with Gasteiger partial charge < -0.3 is 10.4 Å². The van der Waals surface area contributed by atoms with E-state index >= 15 is 0 Å². The van der Waals surface area contributed by atoms with E-state index in [9.17, 15) is 13.2 Å². The number of hydrogen-bond acceptors (Lipinski definition) is 3. The third-order valence-corrected chi connectivity index (χ3v) is 1.89. The lowest BCUT2D eigenvalue weighted by atomic mass is 10.1. The van der Waals surface area contributed by atoms with Crippen molar-refractivity contribution < 1.29 is 18.3 Å². The van der Waals surface area contributed by atoms with Gasteiger partial charge in [-0.2, -0.15) is 18.4 Å². The first-order chi connectivity index (χ1) is 7.49. The highest BCUT2D eigenvalue weighted by molar-refractivity contribution is 5.53. The molecule has 0 fully saturated rings. The van der Waals surface area contributed by atoms with Crippen molar-refractivity contribution >= 4 is 5.69 Å². The molecular weight excluding hydrogens is 221 g/mol. The van der Waals surface area contributed by atoms with Crippen LogP contribution in [0.1, 0.15) is 11.1 Å². The van der Waals surface area contributed by atoms with Gasteiger partial charge in [0.1, 0.15) is 0 Å². The first-order valence-corrected chi connectivity index (χ1v) is 4.45. The molecule has 0 aliphatic rings. The van der Waals surface area contributed by atoms with Crippen LogP contribution in [0.25, 0.3) is 0 Å². The number of aliphatic hydroxyl groups is 1. The quantitative estimate of drug-likeness (QED) is 0.834. The summed E-state index contributed by atoms with van der Waals surface area (Å²) in [4.78, 5) is 0. The maximum Gasteiger partial charge on any atom is 0.417 e. The summed E-state index contributed by atoms with van der Waals surface area (Å²) >= 11 is 0. The standard InChI is InChI=1S/C10H9F3N2O/c11-10(12,13)9-5-8(15-3-4-16)2-1-7(9)6-14/h1-2,5,15-16H,3-4H2. The van der Waals surface area contributed by atoms with Gasteiger partial charge in [0.05, 0.1) is 23.8 Å². The molecule has 0 aliphatic heterocycles. The predicted octanol–water partition coefficient (Wildman–Crippen LogP) is 1.98. The van der Waals surface area contributed by atoms with Gasteiger partial charge in [0, 0.05) is 12.2 Å². The highest BCUT2D eigenvalue weighted by atomic mass is 19.4. The fraction of sp³-hybridized carbons (Fsp3) is 0.300. The number of rotatable bonds is 3. The Bertz CT molecular complexity index is 410. The minimum absolute atomic E-state index is 0.156. The fourth-order valence-electron chi connectivity index (χ4n) is 1.19. The van der Waals surface area contributed by atoms with Gasteiger partial charge in [-0.1, -0.05) is 0 Å². The van der Waals surface area contributed by atoms with Crippen molar-refractivity contribution in [3.05, 3.63) is 29.3 Å². The van der Waals surface area contributed by atoms with Crippen LogP contribution in [-0.2, 0) is 6.18 Å². The molecule has 0 radical (unpaired) electrons. The van der Waals surface area contributed by atoms with Crippen LogP contribution in [-0.4, -0.2) is 18.3 Å². The Labute approximate surface area is 90.1 Å². The molecule has 0 saturated heterocycles. The third kappa shape index (κ3) is 2.87. The molecule has 0 amide bonds. The Morgan fingerprint density at radius 3 is 2.56 bits per heavy atom. The number of anilines is 1. The van der Waals surface area contributed by atoms with Crippen LogP contribution in [0.4, 0.5) is 18.9 Å². The Kier molecular flexibility index (Phi) is 3.74. The normalized spacial score (nSPS) is 10.9. The van der Waals surface area contributed by atoms with E-state index in [0.717, 1.165) is 12.1 Å². The molecule has 0 aliphatic carbocycles. The summed E-state index contributed by atoms with van der Waals surface area (Å²) < 4.78 is 37.5. The second kappa shape index (κ2) is 4.86. The smallest absolute Gasteiger partial charge is 0.395 e. The Morgan fingerprint density at radius 1 is 1.38 bits per heavy atom. The number of aliphatic hydroxyl groups excluding tert-OH is 1. The van der Waals surface area contributed by atoms with E-state index in [1.165, 1.54) is 12.1 Å². The van der Waals surface area contributed by atoms with Gasteiger partial charge in [-0.15, -0.1) is 0 Å². The number of nitrogens with zero attached hydrogens (tertiary/aromatic N) is 1. The van der Waals surface area contributed by atoms with Gasteiger partial charge in [-0.05, 0) is 18.2 Å². The number of alkyl halides is 3. The maximum atomic E-state index is 12.5. The van der Waals surface area contributed by atoms with Crippen molar-refractivity contribution in [1.29, 1.82) is 5.26 Å². The van der Waals surface area contributed by atoms with Crippen LogP contribution >= 0.6 is 0 Å². The van der Waals surface area contributed by atoms with Gasteiger partial charge in [-0.25, -0.2) is 0 Å². The van der Waals surface area contributed by atoms with Crippen molar-refractivity contribution in [3.63, 3.8) is 0 Å². The number of halogens is 3. The highest BCUT2D eigenvalue weighted by Gasteiger charge is 2.33. The number of nitrogens with one attached hydrogen (secondary N) is 1.